The third-order valence-electron chi connectivity index (χ3n) is 5.22. The summed E-state index contributed by atoms with van der Waals surface area (Å²) in [5.74, 6) is -0.693. The Morgan fingerprint density at radius 1 is 1.08 bits per heavy atom. The highest BCUT2D eigenvalue weighted by Gasteiger charge is 2.39. The van der Waals surface area contributed by atoms with Crippen LogP contribution < -0.4 is 0 Å². The molecule has 0 bridgehead atoms. The summed E-state index contributed by atoms with van der Waals surface area (Å²) >= 11 is 0. The number of rotatable bonds is 5. The second kappa shape index (κ2) is 7.78. The number of esters is 1. The molecule has 0 unspecified atom stereocenters. The van der Waals surface area contributed by atoms with E-state index in [9.17, 15) is 18.0 Å². The van der Waals surface area contributed by atoms with Crippen LogP contribution in [0.15, 0.2) is 24.3 Å². The summed E-state index contributed by atoms with van der Waals surface area (Å²) in [4.78, 5) is 26.6. The highest BCUT2D eigenvalue weighted by Crippen LogP contribution is 2.29. The van der Waals surface area contributed by atoms with Gasteiger partial charge in [-0.3, -0.25) is 4.79 Å². The lowest BCUT2D eigenvalue weighted by molar-refractivity contribution is -0.139. The smallest absolute Gasteiger partial charge is 0.338 e. The van der Waals surface area contributed by atoms with Gasteiger partial charge in [-0.15, -0.1) is 0 Å². The first-order chi connectivity index (χ1) is 12.4. The molecule has 1 aromatic rings. The molecule has 6 nitrogen and oxygen atoms in total. The van der Waals surface area contributed by atoms with E-state index in [1.54, 1.807) is 17.0 Å². The number of ether oxygens (including phenoxy) is 1. The van der Waals surface area contributed by atoms with Crippen LogP contribution in [-0.4, -0.2) is 55.4 Å². The topological polar surface area (TPSA) is 80.8 Å². The third kappa shape index (κ3) is 4.44. The molecule has 0 N–H and O–H groups in total. The fourth-order valence-corrected chi connectivity index (χ4v) is 5.57. The molecule has 7 heteroatoms. The SMILES string of the molecule is Cc1ccc(C(=O)OCC(=O)N(C2CCCC2)[C@H]2CCS(=O)(=O)C2)cc1. The number of nitrogens with zero attached hydrogens (tertiary/aromatic N) is 1. The maximum Gasteiger partial charge on any atom is 0.338 e. The van der Waals surface area contributed by atoms with Gasteiger partial charge in [-0.25, -0.2) is 13.2 Å². The predicted molar refractivity (Wildman–Crippen MR) is 97.6 cm³/mol. The summed E-state index contributed by atoms with van der Waals surface area (Å²) in [6, 6.07) is 6.72. The average molecular weight is 379 g/mol. The molecule has 3 rings (SSSR count). The molecule has 0 spiro atoms. The molecule has 1 aromatic carbocycles. The molecule has 142 valence electrons. The monoisotopic (exact) mass is 379 g/mol. The van der Waals surface area contributed by atoms with Crippen LogP contribution >= 0.6 is 0 Å². The van der Waals surface area contributed by atoms with E-state index < -0.39 is 15.8 Å². The summed E-state index contributed by atoms with van der Waals surface area (Å²) in [6.45, 7) is 1.58. The molecule has 1 aliphatic heterocycles. The molecule has 0 radical (unpaired) electrons. The maximum atomic E-state index is 12.8. The minimum atomic E-state index is -3.08. The largest absolute Gasteiger partial charge is 0.452 e. The maximum absolute atomic E-state index is 12.8. The van der Waals surface area contributed by atoms with Gasteiger partial charge in [-0.05, 0) is 38.3 Å². The summed E-state index contributed by atoms with van der Waals surface area (Å²) in [7, 11) is -3.08. The van der Waals surface area contributed by atoms with Crippen LogP contribution in [0.4, 0.5) is 0 Å². The zero-order valence-electron chi connectivity index (χ0n) is 15.0. The van der Waals surface area contributed by atoms with Crippen molar-refractivity contribution in [3.63, 3.8) is 0 Å². The molecule has 1 saturated carbocycles. The van der Waals surface area contributed by atoms with Crippen LogP contribution in [0.25, 0.3) is 0 Å². The number of hydrogen-bond donors (Lipinski definition) is 0. The van der Waals surface area contributed by atoms with E-state index in [1.165, 1.54) is 0 Å². The Kier molecular flexibility index (Phi) is 5.65. The summed E-state index contributed by atoms with van der Waals surface area (Å²) < 4.78 is 28.9. The van der Waals surface area contributed by atoms with Crippen molar-refractivity contribution in [1.29, 1.82) is 0 Å². The fraction of sp³-hybridized carbons (Fsp3) is 0.579. The summed E-state index contributed by atoms with van der Waals surface area (Å²) in [6.07, 6.45) is 4.31. The first-order valence-corrected chi connectivity index (χ1v) is 10.9. The molecule has 1 atom stereocenters. The molecular weight excluding hydrogens is 354 g/mol. The summed E-state index contributed by atoms with van der Waals surface area (Å²) in [5.41, 5.74) is 1.44. The number of hydrogen-bond acceptors (Lipinski definition) is 5. The molecular formula is C19H25NO5S. The van der Waals surface area contributed by atoms with Gasteiger partial charge in [-0.1, -0.05) is 30.5 Å². The van der Waals surface area contributed by atoms with Gasteiger partial charge in [-0.2, -0.15) is 0 Å². The lowest BCUT2D eigenvalue weighted by Crippen LogP contribution is -2.48. The van der Waals surface area contributed by atoms with Crippen LogP contribution in [0.3, 0.4) is 0 Å². The standard InChI is InChI=1S/C19H25NO5S/c1-14-6-8-15(9-7-14)19(22)25-12-18(21)20(16-4-2-3-5-16)17-10-11-26(23,24)13-17/h6-9,16-17H,2-5,10-13H2,1H3/t17-/m0/s1. The van der Waals surface area contributed by atoms with Gasteiger partial charge < -0.3 is 9.64 Å². The molecule has 1 saturated heterocycles. The van der Waals surface area contributed by atoms with Crippen molar-refractivity contribution in [2.45, 2.75) is 51.1 Å². The van der Waals surface area contributed by atoms with E-state index in [4.69, 9.17) is 4.74 Å². The van der Waals surface area contributed by atoms with Crippen molar-refractivity contribution in [3.8, 4) is 0 Å². The van der Waals surface area contributed by atoms with Gasteiger partial charge in [0, 0.05) is 12.1 Å². The molecule has 1 amide bonds. The van der Waals surface area contributed by atoms with E-state index in [0.717, 1.165) is 31.2 Å². The van der Waals surface area contributed by atoms with Crippen LogP contribution in [0, 0.1) is 6.92 Å². The Labute approximate surface area is 154 Å². The van der Waals surface area contributed by atoms with E-state index in [0.29, 0.717) is 12.0 Å². The number of aryl methyl sites for hydroxylation is 1. The van der Waals surface area contributed by atoms with E-state index >= 15 is 0 Å². The molecule has 0 aromatic heterocycles. The van der Waals surface area contributed by atoms with Gasteiger partial charge in [0.25, 0.3) is 5.91 Å². The van der Waals surface area contributed by atoms with E-state index in [1.807, 2.05) is 19.1 Å². The third-order valence-corrected chi connectivity index (χ3v) is 6.97. The van der Waals surface area contributed by atoms with E-state index in [-0.39, 0.29) is 36.1 Å². The molecule has 2 aliphatic rings. The minimum Gasteiger partial charge on any atom is -0.452 e. The number of sulfone groups is 1. The zero-order chi connectivity index (χ0) is 18.7. The predicted octanol–water partition coefficient (Wildman–Crippen LogP) is 2.11. The minimum absolute atomic E-state index is 0.0150. The highest BCUT2D eigenvalue weighted by molar-refractivity contribution is 7.91. The second-order valence-electron chi connectivity index (χ2n) is 7.24. The first kappa shape index (κ1) is 18.9. The summed E-state index contributed by atoms with van der Waals surface area (Å²) in [5, 5.41) is 0. The van der Waals surface area contributed by atoms with Crippen LogP contribution in [0.2, 0.25) is 0 Å². The Morgan fingerprint density at radius 2 is 1.73 bits per heavy atom. The number of amides is 1. The van der Waals surface area contributed by atoms with Crippen molar-refractivity contribution in [2.24, 2.45) is 0 Å². The Hall–Kier alpha value is -1.89. The average Bonchev–Trinajstić information content (AvgIpc) is 3.24. The van der Waals surface area contributed by atoms with Crippen molar-refractivity contribution >= 4 is 21.7 Å². The van der Waals surface area contributed by atoms with Gasteiger partial charge in [0.2, 0.25) is 0 Å². The van der Waals surface area contributed by atoms with Gasteiger partial charge in [0.15, 0.2) is 16.4 Å². The highest BCUT2D eigenvalue weighted by atomic mass is 32.2. The Morgan fingerprint density at radius 3 is 2.31 bits per heavy atom. The lowest BCUT2D eigenvalue weighted by atomic mass is 10.1. The van der Waals surface area contributed by atoms with Crippen molar-refractivity contribution in [1.82, 2.24) is 4.90 Å². The van der Waals surface area contributed by atoms with Crippen molar-refractivity contribution in [2.75, 3.05) is 18.1 Å². The molecule has 1 heterocycles. The number of benzene rings is 1. The second-order valence-corrected chi connectivity index (χ2v) is 9.47. The fourth-order valence-electron chi connectivity index (χ4n) is 3.86. The normalized spacial score (nSPS) is 22.3. The molecule has 26 heavy (non-hydrogen) atoms. The van der Waals surface area contributed by atoms with Crippen molar-refractivity contribution in [3.05, 3.63) is 35.4 Å². The zero-order valence-corrected chi connectivity index (χ0v) is 15.8. The Bertz CT molecular complexity index is 766. The Balaban J connectivity index is 1.65. The van der Waals surface area contributed by atoms with Gasteiger partial charge in [0.05, 0.1) is 17.1 Å². The van der Waals surface area contributed by atoms with Gasteiger partial charge >= 0.3 is 5.97 Å². The van der Waals surface area contributed by atoms with Crippen molar-refractivity contribution < 1.29 is 22.7 Å². The van der Waals surface area contributed by atoms with Crippen LogP contribution in [-0.2, 0) is 19.4 Å². The van der Waals surface area contributed by atoms with Crippen LogP contribution in [0.5, 0.6) is 0 Å². The molecule has 1 aliphatic carbocycles. The lowest BCUT2D eigenvalue weighted by Gasteiger charge is -2.33. The molecule has 2 fully saturated rings. The van der Waals surface area contributed by atoms with E-state index in [2.05, 4.69) is 0 Å². The number of carbonyl (C=O) groups excluding carboxylic acids is 2. The van der Waals surface area contributed by atoms with Gasteiger partial charge in [0.1, 0.15) is 0 Å². The van der Waals surface area contributed by atoms with Crippen LogP contribution in [0.1, 0.15) is 48.0 Å². The number of carbonyl (C=O) groups is 2. The first-order valence-electron chi connectivity index (χ1n) is 9.11. The quantitative estimate of drug-likeness (QED) is 0.732.